The third kappa shape index (κ3) is 3.52. The maximum atomic E-state index is 14.5. The molecule has 0 heterocycles. The van der Waals surface area contributed by atoms with Crippen LogP contribution in [-0.4, -0.2) is 20.0 Å². The first-order chi connectivity index (χ1) is 18.4. The zero-order valence-corrected chi connectivity index (χ0v) is 22.5. The van der Waals surface area contributed by atoms with Crippen LogP contribution < -0.4 is 9.47 Å². The number of benzene rings is 4. The molecule has 0 N–H and O–H groups in total. The molecule has 0 aromatic heterocycles. The number of ether oxygens (including phenoxy) is 2. The van der Waals surface area contributed by atoms with Crippen molar-refractivity contribution < 1.29 is 14.3 Å². The van der Waals surface area contributed by atoms with Crippen molar-refractivity contribution in [2.75, 3.05) is 14.2 Å². The van der Waals surface area contributed by atoms with Crippen molar-refractivity contribution in [1.82, 2.24) is 0 Å². The van der Waals surface area contributed by atoms with Gasteiger partial charge < -0.3 is 9.47 Å². The molecule has 4 atom stereocenters. The van der Waals surface area contributed by atoms with E-state index in [1.165, 1.54) is 22.3 Å². The van der Waals surface area contributed by atoms with Crippen molar-refractivity contribution in [1.29, 1.82) is 0 Å². The van der Waals surface area contributed by atoms with Gasteiger partial charge in [-0.05, 0) is 47.1 Å². The van der Waals surface area contributed by atoms with Gasteiger partial charge in [0.05, 0.1) is 20.1 Å². The molecule has 0 fully saturated rings. The van der Waals surface area contributed by atoms with Crippen molar-refractivity contribution in [3.05, 3.63) is 130 Å². The highest BCUT2D eigenvalue weighted by Crippen LogP contribution is 2.65. The summed E-state index contributed by atoms with van der Waals surface area (Å²) in [5.41, 5.74) is 6.07. The Balaban J connectivity index is 1.67. The van der Waals surface area contributed by atoms with E-state index >= 15 is 0 Å². The van der Waals surface area contributed by atoms with Crippen LogP contribution in [0.15, 0.2) is 97.1 Å². The number of hydrogen-bond acceptors (Lipinski definition) is 3. The molecule has 0 spiro atoms. The van der Waals surface area contributed by atoms with E-state index in [1.807, 2.05) is 36.4 Å². The smallest absolute Gasteiger partial charge is 0.171 e. The van der Waals surface area contributed by atoms with Crippen LogP contribution in [0.3, 0.4) is 0 Å². The molecular weight excluding hydrogens is 468 g/mol. The van der Waals surface area contributed by atoms with Crippen molar-refractivity contribution in [3.63, 3.8) is 0 Å². The maximum Gasteiger partial charge on any atom is 0.171 e. The van der Waals surface area contributed by atoms with Gasteiger partial charge in [0, 0.05) is 22.0 Å². The van der Waals surface area contributed by atoms with Gasteiger partial charge in [-0.15, -0.1) is 0 Å². The number of rotatable bonds is 6. The minimum absolute atomic E-state index is 0.151. The van der Waals surface area contributed by atoms with E-state index < -0.39 is 0 Å². The van der Waals surface area contributed by atoms with Gasteiger partial charge in [0.2, 0.25) is 0 Å². The van der Waals surface area contributed by atoms with Crippen molar-refractivity contribution in [2.45, 2.75) is 49.4 Å². The average Bonchev–Trinajstić information content (AvgIpc) is 3.27. The standard InChI is InChI=1S/C35H34O3/c1-34(25-16-10-6-11-17-25)21-24-22-35(2,26-18-12-7-13-19-26)31-29(24)27(20-28(37-3)33(31)38-4)30(34)32(36)23-14-8-5-9-15-23/h5-20,24,30H,21-22H2,1-4H3/t24-,30-,34-,35+/m0/s1. The van der Waals surface area contributed by atoms with E-state index in [0.29, 0.717) is 5.75 Å². The number of methoxy groups -OCH3 is 2. The lowest BCUT2D eigenvalue weighted by molar-refractivity contribution is 0.0899. The molecule has 0 aliphatic heterocycles. The first kappa shape index (κ1) is 24.5. The molecule has 192 valence electrons. The van der Waals surface area contributed by atoms with E-state index in [-0.39, 0.29) is 28.4 Å². The number of carbonyl (C=O) groups is 1. The molecule has 38 heavy (non-hydrogen) atoms. The summed E-state index contributed by atoms with van der Waals surface area (Å²) in [7, 11) is 3.42. The summed E-state index contributed by atoms with van der Waals surface area (Å²) in [6.07, 6.45) is 1.84. The monoisotopic (exact) mass is 502 g/mol. The number of ketones is 1. The Labute approximate surface area is 225 Å². The van der Waals surface area contributed by atoms with Gasteiger partial charge in [-0.2, -0.15) is 0 Å². The summed E-state index contributed by atoms with van der Waals surface area (Å²) in [6, 6.07) is 33.1. The Hall–Kier alpha value is -3.85. The van der Waals surface area contributed by atoms with Crippen LogP contribution in [0.2, 0.25) is 0 Å². The lowest BCUT2D eigenvalue weighted by Crippen LogP contribution is -2.41. The zero-order chi connectivity index (χ0) is 26.5. The summed E-state index contributed by atoms with van der Waals surface area (Å²) >= 11 is 0. The fourth-order valence-electron chi connectivity index (χ4n) is 7.47. The number of carbonyl (C=O) groups excluding carboxylic acids is 1. The number of hydrogen-bond donors (Lipinski definition) is 0. The molecule has 4 aromatic carbocycles. The molecule has 0 saturated carbocycles. The molecule has 0 radical (unpaired) electrons. The summed E-state index contributed by atoms with van der Waals surface area (Å²) in [4.78, 5) is 14.5. The molecular formula is C35H34O3. The molecule has 3 nitrogen and oxygen atoms in total. The summed E-state index contributed by atoms with van der Waals surface area (Å²) in [5.74, 6) is 1.56. The van der Waals surface area contributed by atoms with Gasteiger partial charge in [0.1, 0.15) is 0 Å². The SMILES string of the molecule is COc1cc2c3c(c1OC)[C@@](C)(c1ccccc1)C[C@@H]3C[C@@](C)(c1ccccc1)[C@@H]2C(=O)c1ccccc1. The minimum atomic E-state index is -0.384. The molecule has 2 aliphatic carbocycles. The van der Waals surface area contributed by atoms with Gasteiger partial charge in [0.15, 0.2) is 17.3 Å². The second kappa shape index (κ2) is 9.16. The summed E-state index contributed by atoms with van der Waals surface area (Å²) in [5, 5.41) is 0. The van der Waals surface area contributed by atoms with E-state index in [9.17, 15) is 4.79 Å². The molecule has 0 amide bonds. The van der Waals surface area contributed by atoms with Gasteiger partial charge in [-0.25, -0.2) is 0 Å². The van der Waals surface area contributed by atoms with Crippen molar-refractivity contribution in [3.8, 4) is 11.5 Å². The molecule has 3 heteroatoms. The fourth-order valence-corrected chi connectivity index (χ4v) is 7.47. The largest absolute Gasteiger partial charge is 0.493 e. The zero-order valence-electron chi connectivity index (χ0n) is 22.5. The lowest BCUT2D eigenvalue weighted by Gasteiger charge is -2.45. The predicted octanol–water partition coefficient (Wildman–Crippen LogP) is 7.83. The maximum absolute atomic E-state index is 14.5. The van der Waals surface area contributed by atoms with Crippen LogP contribution in [-0.2, 0) is 10.8 Å². The molecule has 0 unspecified atom stereocenters. The Kier molecular flexibility index (Phi) is 5.90. The van der Waals surface area contributed by atoms with Crippen molar-refractivity contribution >= 4 is 5.78 Å². The Bertz CT molecular complexity index is 1480. The molecule has 0 bridgehead atoms. The van der Waals surface area contributed by atoms with Gasteiger partial charge >= 0.3 is 0 Å². The molecule has 4 aromatic rings. The van der Waals surface area contributed by atoms with Gasteiger partial charge in [-0.3, -0.25) is 4.79 Å². The average molecular weight is 503 g/mol. The van der Waals surface area contributed by atoms with E-state index in [2.05, 4.69) is 74.5 Å². The van der Waals surface area contributed by atoms with Crippen molar-refractivity contribution in [2.24, 2.45) is 0 Å². The van der Waals surface area contributed by atoms with Crippen LogP contribution in [0.1, 0.15) is 76.7 Å². The molecule has 0 saturated heterocycles. The first-order valence-corrected chi connectivity index (χ1v) is 13.4. The van der Waals surface area contributed by atoms with E-state index in [1.54, 1.807) is 14.2 Å². The third-order valence-electron chi connectivity index (χ3n) is 9.14. The topological polar surface area (TPSA) is 35.5 Å². The Morgan fingerprint density at radius 3 is 1.92 bits per heavy atom. The predicted molar refractivity (Wildman–Crippen MR) is 152 cm³/mol. The van der Waals surface area contributed by atoms with Crippen LogP contribution in [0.5, 0.6) is 11.5 Å². The number of Topliss-reactive ketones (excluding diaryl/α,β-unsaturated/α-hetero) is 1. The van der Waals surface area contributed by atoms with E-state index in [0.717, 1.165) is 29.7 Å². The normalized spacial score (nSPS) is 25.5. The van der Waals surface area contributed by atoms with Crippen LogP contribution in [0.25, 0.3) is 0 Å². The second-order valence-electron chi connectivity index (χ2n) is 11.2. The first-order valence-electron chi connectivity index (χ1n) is 13.4. The highest BCUT2D eigenvalue weighted by atomic mass is 16.5. The summed E-state index contributed by atoms with van der Waals surface area (Å²) < 4.78 is 12.0. The molecule has 6 rings (SSSR count). The quantitative estimate of drug-likeness (QED) is 0.252. The fraction of sp³-hybridized carbons (Fsp3) is 0.286. The van der Waals surface area contributed by atoms with Crippen LogP contribution >= 0.6 is 0 Å². The highest BCUT2D eigenvalue weighted by molar-refractivity contribution is 6.03. The van der Waals surface area contributed by atoms with Gasteiger partial charge in [-0.1, -0.05) is 105 Å². The van der Waals surface area contributed by atoms with Crippen LogP contribution in [0, 0.1) is 0 Å². The Morgan fingerprint density at radius 1 is 0.763 bits per heavy atom. The highest BCUT2D eigenvalue weighted by Gasteiger charge is 2.55. The summed E-state index contributed by atoms with van der Waals surface area (Å²) in [6.45, 7) is 4.61. The third-order valence-corrected chi connectivity index (χ3v) is 9.14. The Morgan fingerprint density at radius 2 is 1.34 bits per heavy atom. The van der Waals surface area contributed by atoms with Gasteiger partial charge in [0.25, 0.3) is 0 Å². The minimum Gasteiger partial charge on any atom is -0.493 e. The second-order valence-corrected chi connectivity index (χ2v) is 11.2. The van der Waals surface area contributed by atoms with E-state index in [4.69, 9.17) is 9.47 Å². The molecule has 2 aliphatic rings. The van der Waals surface area contributed by atoms with Crippen LogP contribution in [0.4, 0.5) is 0 Å². The lowest BCUT2D eigenvalue weighted by atomic mass is 9.57.